The van der Waals surface area contributed by atoms with Gasteiger partial charge in [0.15, 0.2) is 17.3 Å². The van der Waals surface area contributed by atoms with Gasteiger partial charge >= 0.3 is 0 Å². The lowest BCUT2D eigenvalue weighted by Gasteiger charge is -2.24. The molecule has 2 aromatic rings. The monoisotopic (exact) mass is 389 g/mol. The Morgan fingerprint density at radius 2 is 1.82 bits per heavy atom. The molecule has 2 amide bonds. The molecule has 1 N–H and O–H groups in total. The van der Waals surface area contributed by atoms with Crippen molar-refractivity contribution in [3.8, 4) is 17.2 Å². The third-order valence-electron chi connectivity index (χ3n) is 4.61. The molecule has 1 aromatic carbocycles. The van der Waals surface area contributed by atoms with Gasteiger partial charge in [0.25, 0.3) is 5.91 Å². The smallest absolute Gasteiger partial charge is 0.254 e. The second-order valence-corrected chi connectivity index (χ2v) is 6.38. The molecule has 2 heterocycles. The number of carbonyl (C=O) groups excluding carboxylic acids is 2. The van der Waals surface area contributed by atoms with Gasteiger partial charge in [-0.3, -0.25) is 9.59 Å². The zero-order valence-corrected chi connectivity index (χ0v) is 16.3. The van der Waals surface area contributed by atoms with E-state index < -0.39 is 6.04 Å². The molecule has 0 radical (unpaired) electrons. The van der Waals surface area contributed by atoms with Gasteiger partial charge in [0.1, 0.15) is 11.8 Å². The summed E-state index contributed by atoms with van der Waals surface area (Å²) in [6.45, 7) is 2.21. The standard InChI is InChI=1S/C19H23N3O6/c1-11-8-16(21-28-11)20-18(23)13-6-5-7-22(13)19(24)12-9-14(25-2)17(27-4)15(10-12)26-3/h8-10,13H,5-7H2,1-4H3,(H,20,21,23)/t13-/m1/s1. The third kappa shape index (κ3) is 3.73. The maximum Gasteiger partial charge on any atom is 0.254 e. The van der Waals surface area contributed by atoms with E-state index >= 15 is 0 Å². The number of anilines is 1. The Hall–Kier alpha value is -3.23. The first kappa shape index (κ1) is 19.5. The number of aryl methyl sites for hydroxylation is 1. The molecule has 9 nitrogen and oxygen atoms in total. The number of aromatic nitrogens is 1. The quantitative estimate of drug-likeness (QED) is 0.808. The van der Waals surface area contributed by atoms with Crippen LogP contribution >= 0.6 is 0 Å². The first-order valence-corrected chi connectivity index (χ1v) is 8.83. The van der Waals surface area contributed by atoms with Gasteiger partial charge in [0, 0.05) is 18.2 Å². The van der Waals surface area contributed by atoms with E-state index in [1.165, 1.54) is 21.3 Å². The van der Waals surface area contributed by atoms with Crippen molar-refractivity contribution in [2.45, 2.75) is 25.8 Å². The van der Waals surface area contributed by atoms with Crippen LogP contribution in [-0.4, -0.2) is 55.8 Å². The Kier molecular flexibility index (Phi) is 5.72. The predicted octanol–water partition coefficient (Wildman–Crippen LogP) is 2.25. The van der Waals surface area contributed by atoms with Crippen molar-refractivity contribution in [2.24, 2.45) is 0 Å². The number of methoxy groups -OCH3 is 3. The Balaban J connectivity index is 1.83. The van der Waals surface area contributed by atoms with Crippen LogP contribution in [0.1, 0.15) is 29.0 Å². The number of hydrogen-bond donors (Lipinski definition) is 1. The number of ether oxygens (including phenoxy) is 3. The lowest BCUT2D eigenvalue weighted by atomic mass is 10.1. The second kappa shape index (κ2) is 8.20. The fourth-order valence-electron chi connectivity index (χ4n) is 3.29. The van der Waals surface area contributed by atoms with E-state index in [4.69, 9.17) is 18.7 Å². The van der Waals surface area contributed by atoms with Crippen LogP contribution in [0.2, 0.25) is 0 Å². The molecule has 0 aliphatic carbocycles. The minimum Gasteiger partial charge on any atom is -0.493 e. The molecule has 1 saturated heterocycles. The lowest BCUT2D eigenvalue weighted by molar-refractivity contribution is -0.119. The highest BCUT2D eigenvalue weighted by atomic mass is 16.5. The molecule has 0 bridgehead atoms. The zero-order chi connectivity index (χ0) is 20.3. The largest absolute Gasteiger partial charge is 0.493 e. The van der Waals surface area contributed by atoms with Gasteiger partial charge in [0.2, 0.25) is 11.7 Å². The molecule has 0 unspecified atom stereocenters. The summed E-state index contributed by atoms with van der Waals surface area (Å²) in [5.74, 6) is 1.49. The van der Waals surface area contributed by atoms with Crippen LogP contribution in [-0.2, 0) is 4.79 Å². The van der Waals surface area contributed by atoms with E-state index in [9.17, 15) is 9.59 Å². The Morgan fingerprint density at radius 1 is 1.14 bits per heavy atom. The van der Waals surface area contributed by atoms with E-state index in [0.29, 0.717) is 47.4 Å². The van der Waals surface area contributed by atoms with Gasteiger partial charge in [-0.1, -0.05) is 5.16 Å². The summed E-state index contributed by atoms with van der Waals surface area (Å²) < 4.78 is 20.9. The van der Waals surface area contributed by atoms with Gasteiger partial charge in [-0.15, -0.1) is 0 Å². The highest BCUT2D eigenvalue weighted by Gasteiger charge is 2.35. The van der Waals surface area contributed by atoms with Gasteiger partial charge in [-0.05, 0) is 31.9 Å². The van der Waals surface area contributed by atoms with Crippen LogP contribution in [0.3, 0.4) is 0 Å². The highest BCUT2D eigenvalue weighted by Crippen LogP contribution is 2.39. The number of nitrogens with one attached hydrogen (secondary N) is 1. The molecule has 28 heavy (non-hydrogen) atoms. The average Bonchev–Trinajstić information content (AvgIpc) is 3.35. The fraction of sp³-hybridized carbons (Fsp3) is 0.421. The van der Waals surface area contributed by atoms with Crippen LogP contribution in [0.25, 0.3) is 0 Å². The number of hydrogen-bond acceptors (Lipinski definition) is 7. The number of carbonyl (C=O) groups is 2. The van der Waals surface area contributed by atoms with E-state index in [-0.39, 0.29) is 11.8 Å². The molecule has 3 rings (SSSR count). The van der Waals surface area contributed by atoms with Crippen LogP contribution in [0.15, 0.2) is 22.7 Å². The predicted molar refractivity (Wildman–Crippen MR) is 100 cm³/mol. The maximum atomic E-state index is 13.1. The summed E-state index contributed by atoms with van der Waals surface area (Å²) in [5, 5.41) is 6.46. The summed E-state index contributed by atoms with van der Waals surface area (Å²) in [7, 11) is 4.46. The summed E-state index contributed by atoms with van der Waals surface area (Å²) in [6, 6.07) is 4.19. The molecule has 0 saturated carbocycles. The topological polar surface area (TPSA) is 103 Å². The maximum absolute atomic E-state index is 13.1. The summed E-state index contributed by atoms with van der Waals surface area (Å²) >= 11 is 0. The van der Waals surface area contributed by atoms with Crippen LogP contribution in [0.4, 0.5) is 5.82 Å². The van der Waals surface area contributed by atoms with Crippen molar-refractivity contribution in [1.82, 2.24) is 10.1 Å². The van der Waals surface area contributed by atoms with Gasteiger partial charge in [-0.25, -0.2) is 0 Å². The van der Waals surface area contributed by atoms with Crippen molar-refractivity contribution >= 4 is 17.6 Å². The molecule has 1 aliphatic rings. The number of amides is 2. The molecular formula is C19H23N3O6. The van der Waals surface area contributed by atoms with Gasteiger partial charge in [-0.2, -0.15) is 0 Å². The van der Waals surface area contributed by atoms with Gasteiger partial charge in [0.05, 0.1) is 21.3 Å². The lowest BCUT2D eigenvalue weighted by Crippen LogP contribution is -2.43. The van der Waals surface area contributed by atoms with Crippen molar-refractivity contribution < 1.29 is 28.3 Å². The van der Waals surface area contributed by atoms with Gasteiger partial charge < -0.3 is 29.0 Å². The van der Waals surface area contributed by atoms with Crippen LogP contribution in [0, 0.1) is 6.92 Å². The second-order valence-electron chi connectivity index (χ2n) is 6.38. The molecule has 1 aliphatic heterocycles. The normalized spacial score (nSPS) is 16.0. The van der Waals surface area contributed by atoms with Crippen molar-refractivity contribution in [3.05, 3.63) is 29.5 Å². The van der Waals surface area contributed by atoms with Crippen molar-refractivity contribution in [2.75, 3.05) is 33.2 Å². The van der Waals surface area contributed by atoms with E-state index in [1.54, 1.807) is 30.0 Å². The first-order chi connectivity index (χ1) is 13.5. The molecule has 1 aromatic heterocycles. The highest BCUT2D eigenvalue weighted by molar-refractivity contribution is 6.01. The number of rotatable bonds is 6. The fourth-order valence-corrected chi connectivity index (χ4v) is 3.29. The van der Waals surface area contributed by atoms with E-state index in [0.717, 1.165) is 6.42 Å². The van der Waals surface area contributed by atoms with Crippen LogP contribution in [0.5, 0.6) is 17.2 Å². The first-order valence-electron chi connectivity index (χ1n) is 8.83. The Bertz CT molecular complexity index is 853. The minimum absolute atomic E-state index is 0.284. The molecule has 150 valence electrons. The zero-order valence-electron chi connectivity index (χ0n) is 16.3. The third-order valence-corrected chi connectivity index (χ3v) is 4.61. The van der Waals surface area contributed by atoms with Crippen molar-refractivity contribution in [1.29, 1.82) is 0 Å². The summed E-state index contributed by atoms with van der Waals surface area (Å²) in [6.07, 6.45) is 1.30. The SMILES string of the molecule is COc1cc(C(=O)N2CCC[C@@H]2C(=O)Nc2cc(C)on2)cc(OC)c1OC. The summed E-state index contributed by atoms with van der Waals surface area (Å²) in [4.78, 5) is 27.3. The number of nitrogens with zero attached hydrogens (tertiary/aromatic N) is 2. The number of benzene rings is 1. The molecule has 1 atom stereocenters. The van der Waals surface area contributed by atoms with Crippen molar-refractivity contribution in [3.63, 3.8) is 0 Å². The molecule has 1 fully saturated rings. The Morgan fingerprint density at radius 3 is 2.36 bits per heavy atom. The van der Waals surface area contributed by atoms with E-state index in [1.807, 2.05) is 0 Å². The summed E-state index contributed by atoms with van der Waals surface area (Å²) in [5.41, 5.74) is 0.353. The average molecular weight is 389 g/mol. The minimum atomic E-state index is -0.594. The molecular weight excluding hydrogens is 366 g/mol. The Labute approximate surface area is 162 Å². The van der Waals surface area contributed by atoms with Crippen LogP contribution < -0.4 is 19.5 Å². The molecule has 9 heteroatoms. The molecule has 0 spiro atoms. The number of likely N-dealkylation sites (tertiary alicyclic amines) is 1. The van der Waals surface area contributed by atoms with E-state index in [2.05, 4.69) is 10.5 Å².